The first kappa shape index (κ1) is 14.8. The number of nitrogens with two attached hydrogens (primary N) is 1. The van der Waals surface area contributed by atoms with Gasteiger partial charge in [0.1, 0.15) is 13.1 Å². The number of rotatable bonds is 7. The van der Waals surface area contributed by atoms with Gasteiger partial charge in [-0.05, 0) is 0 Å². The van der Waals surface area contributed by atoms with Crippen LogP contribution in [0.3, 0.4) is 0 Å². The Kier molecular flexibility index (Phi) is 6.26. The lowest BCUT2D eigenvalue weighted by atomic mass is 10.2. The van der Waals surface area contributed by atoms with E-state index < -0.39 is 49.3 Å². The summed E-state index contributed by atoms with van der Waals surface area (Å²) in [5.74, 6) is -3.95. The van der Waals surface area contributed by atoms with Gasteiger partial charge in [-0.15, -0.1) is 0 Å². The third kappa shape index (κ3) is 7.73. The molecular formula is C8H13N3O6. The van der Waals surface area contributed by atoms with E-state index in [2.05, 4.69) is 0 Å². The summed E-state index contributed by atoms with van der Waals surface area (Å²) in [5, 5.41) is 20.5. The van der Waals surface area contributed by atoms with E-state index in [9.17, 15) is 19.2 Å². The number of carboxylic acid groups (broad SMARTS) is 2. The van der Waals surface area contributed by atoms with Crippen LogP contribution in [0.5, 0.6) is 0 Å². The molecule has 9 nitrogen and oxygen atoms in total. The lowest BCUT2D eigenvalue weighted by Gasteiger charge is -2.10. The molecule has 0 aromatic carbocycles. The summed E-state index contributed by atoms with van der Waals surface area (Å²) in [7, 11) is 0. The van der Waals surface area contributed by atoms with Crippen LogP contribution >= 0.6 is 0 Å². The van der Waals surface area contributed by atoms with E-state index in [4.69, 9.17) is 15.9 Å². The van der Waals surface area contributed by atoms with E-state index in [-0.39, 0.29) is 0 Å². The molecule has 0 unspecified atom stereocenters. The number of hydrogen-bond acceptors (Lipinski definition) is 5. The van der Waals surface area contributed by atoms with Gasteiger partial charge < -0.3 is 26.6 Å². The highest BCUT2D eigenvalue weighted by Gasteiger charge is 2.18. The van der Waals surface area contributed by atoms with E-state index in [1.165, 1.54) is 0 Å². The molecule has 0 spiro atoms. The summed E-state index contributed by atoms with van der Waals surface area (Å²) in [5.41, 5.74) is 5.30. The molecule has 0 heterocycles. The summed E-state index contributed by atoms with van der Waals surface area (Å²) in [6.45, 7) is -1.16. The fourth-order valence-electron chi connectivity index (χ4n) is 0.833. The quantitative estimate of drug-likeness (QED) is 0.322. The highest BCUT2D eigenvalue weighted by molar-refractivity contribution is 5.90. The normalized spacial score (nSPS) is 11.4. The van der Waals surface area contributed by atoms with Gasteiger partial charge in [0.2, 0.25) is 11.8 Å². The molecule has 0 bridgehead atoms. The van der Waals surface area contributed by atoms with Gasteiger partial charge in [-0.3, -0.25) is 19.2 Å². The first-order valence-electron chi connectivity index (χ1n) is 4.56. The monoisotopic (exact) mass is 247 g/mol. The zero-order valence-electron chi connectivity index (χ0n) is 8.80. The van der Waals surface area contributed by atoms with Crippen molar-refractivity contribution in [2.24, 2.45) is 5.73 Å². The van der Waals surface area contributed by atoms with Crippen LogP contribution in [0, 0.1) is 0 Å². The molecule has 0 aromatic heterocycles. The number of amides is 2. The zero-order chi connectivity index (χ0) is 13.4. The molecule has 17 heavy (non-hydrogen) atoms. The number of nitrogens with one attached hydrogen (secondary N) is 2. The fraction of sp³-hybridized carbons (Fsp3) is 0.500. The molecule has 9 heteroatoms. The Morgan fingerprint density at radius 1 is 1.00 bits per heavy atom. The van der Waals surface area contributed by atoms with Gasteiger partial charge in [0, 0.05) is 0 Å². The molecule has 0 aliphatic heterocycles. The van der Waals surface area contributed by atoms with Crippen LogP contribution < -0.4 is 16.4 Å². The maximum Gasteiger partial charge on any atom is 0.322 e. The lowest BCUT2D eigenvalue weighted by molar-refractivity contribution is -0.139. The maximum atomic E-state index is 11.1. The standard InChI is InChI=1S/C8H13N3O6/c9-4(8(17)11-3-7(15)16)1-5(12)10-2-6(13)14/h4H,1-3,9H2,(H,10,12)(H,11,17)(H,13,14)(H,15,16)/t4-/m0/s1. The Morgan fingerprint density at radius 3 is 1.94 bits per heavy atom. The third-order valence-electron chi connectivity index (χ3n) is 1.59. The van der Waals surface area contributed by atoms with Crippen molar-refractivity contribution in [3.8, 4) is 0 Å². The second-order valence-electron chi connectivity index (χ2n) is 3.09. The van der Waals surface area contributed by atoms with E-state index in [1.54, 1.807) is 0 Å². The summed E-state index contributed by atoms with van der Waals surface area (Å²) in [6, 6.07) is -1.22. The fourth-order valence-corrected chi connectivity index (χ4v) is 0.833. The summed E-state index contributed by atoms with van der Waals surface area (Å²) >= 11 is 0. The maximum absolute atomic E-state index is 11.1. The minimum absolute atomic E-state index is 0.418. The summed E-state index contributed by atoms with van der Waals surface area (Å²) in [4.78, 5) is 42.4. The molecule has 0 saturated heterocycles. The van der Waals surface area contributed by atoms with Gasteiger partial charge in [-0.2, -0.15) is 0 Å². The first-order valence-corrected chi connectivity index (χ1v) is 4.56. The predicted molar refractivity (Wildman–Crippen MR) is 53.9 cm³/mol. The Labute approximate surface area is 96.0 Å². The third-order valence-corrected chi connectivity index (χ3v) is 1.59. The number of carbonyl (C=O) groups is 4. The van der Waals surface area contributed by atoms with Crippen LogP contribution in [0.2, 0.25) is 0 Å². The van der Waals surface area contributed by atoms with E-state index in [0.29, 0.717) is 0 Å². The molecule has 0 fully saturated rings. The van der Waals surface area contributed by atoms with Crippen molar-refractivity contribution in [1.29, 1.82) is 0 Å². The molecule has 1 atom stereocenters. The van der Waals surface area contributed by atoms with Crippen molar-refractivity contribution >= 4 is 23.8 Å². The average molecular weight is 247 g/mol. The zero-order valence-corrected chi connectivity index (χ0v) is 8.80. The number of hydrogen-bond donors (Lipinski definition) is 5. The Bertz CT molecular complexity index is 329. The Hall–Kier alpha value is -2.16. The first-order chi connectivity index (χ1) is 7.82. The van der Waals surface area contributed by atoms with Crippen molar-refractivity contribution in [3.05, 3.63) is 0 Å². The molecule has 0 rings (SSSR count). The summed E-state index contributed by atoms with van der Waals surface area (Å²) < 4.78 is 0. The van der Waals surface area contributed by atoms with E-state index in [1.807, 2.05) is 10.6 Å². The number of carboxylic acids is 2. The van der Waals surface area contributed by atoms with Crippen molar-refractivity contribution in [1.82, 2.24) is 10.6 Å². The number of carbonyl (C=O) groups excluding carboxylic acids is 2. The molecule has 6 N–H and O–H groups in total. The second-order valence-corrected chi connectivity index (χ2v) is 3.09. The second kappa shape index (κ2) is 7.17. The summed E-state index contributed by atoms with van der Waals surface area (Å²) in [6.07, 6.45) is -0.418. The van der Waals surface area contributed by atoms with Gasteiger partial charge in [0.25, 0.3) is 0 Å². The van der Waals surface area contributed by atoms with Gasteiger partial charge in [0.05, 0.1) is 12.5 Å². The van der Waals surface area contributed by atoms with Crippen LogP contribution in [0.1, 0.15) is 6.42 Å². The highest BCUT2D eigenvalue weighted by Crippen LogP contribution is 1.88. The minimum atomic E-state index is -1.24. The Balaban J connectivity index is 3.94. The average Bonchev–Trinajstić information content (AvgIpc) is 2.22. The molecule has 0 saturated carbocycles. The molecule has 0 radical (unpaired) electrons. The minimum Gasteiger partial charge on any atom is -0.480 e. The molecule has 2 amide bonds. The van der Waals surface area contributed by atoms with Crippen molar-refractivity contribution in [2.75, 3.05) is 13.1 Å². The van der Waals surface area contributed by atoms with Gasteiger partial charge >= 0.3 is 11.9 Å². The molecular weight excluding hydrogens is 234 g/mol. The van der Waals surface area contributed by atoms with Gasteiger partial charge in [-0.25, -0.2) is 0 Å². The topological polar surface area (TPSA) is 159 Å². The molecule has 96 valence electrons. The van der Waals surface area contributed by atoms with E-state index in [0.717, 1.165) is 0 Å². The van der Waals surface area contributed by atoms with Crippen LogP contribution in [0.15, 0.2) is 0 Å². The molecule has 0 aliphatic rings. The van der Waals surface area contributed by atoms with Gasteiger partial charge in [0.15, 0.2) is 0 Å². The van der Waals surface area contributed by atoms with Crippen molar-refractivity contribution in [3.63, 3.8) is 0 Å². The van der Waals surface area contributed by atoms with Crippen LogP contribution in [0.4, 0.5) is 0 Å². The molecule has 0 aromatic rings. The SMILES string of the molecule is N[C@@H](CC(=O)NCC(=O)O)C(=O)NCC(=O)O. The van der Waals surface area contributed by atoms with E-state index >= 15 is 0 Å². The van der Waals surface area contributed by atoms with Crippen LogP contribution in [0.25, 0.3) is 0 Å². The van der Waals surface area contributed by atoms with Crippen LogP contribution in [-0.4, -0.2) is 53.1 Å². The smallest absolute Gasteiger partial charge is 0.322 e. The Morgan fingerprint density at radius 2 is 1.47 bits per heavy atom. The van der Waals surface area contributed by atoms with Gasteiger partial charge in [-0.1, -0.05) is 0 Å². The lowest BCUT2D eigenvalue weighted by Crippen LogP contribution is -2.45. The predicted octanol–water partition coefficient (Wildman–Crippen LogP) is -2.89. The highest BCUT2D eigenvalue weighted by atomic mass is 16.4. The van der Waals surface area contributed by atoms with Crippen molar-refractivity contribution < 1.29 is 29.4 Å². The molecule has 0 aliphatic carbocycles. The largest absolute Gasteiger partial charge is 0.480 e. The van der Waals surface area contributed by atoms with Crippen molar-refractivity contribution in [2.45, 2.75) is 12.5 Å². The van der Waals surface area contributed by atoms with Crippen LogP contribution in [-0.2, 0) is 19.2 Å². The number of aliphatic carboxylic acids is 2.